The standard InChI is InChI=1S/C11H10N2O3/c14-10-4-2-1-3-9(10)13-7-8(6-12-13)5-11(15)16/h1-4,6-7,14H,5H2,(H,15,16). The molecular weight excluding hydrogens is 208 g/mol. The minimum absolute atomic E-state index is 0.0758. The number of phenolic OH excluding ortho intramolecular Hbond substituents is 1. The largest absolute Gasteiger partial charge is 0.506 e. The molecule has 0 bridgehead atoms. The molecule has 5 nitrogen and oxygen atoms in total. The number of phenols is 1. The molecule has 2 rings (SSSR count). The van der Waals surface area contributed by atoms with Crippen molar-refractivity contribution in [2.75, 3.05) is 0 Å². The van der Waals surface area contributed by atoms with Crippen molar-refractivity contribution in [1.29, 1.82) is 0 Å². The molecule has 0 saturated heterocycles. The number of hydrogen-bond donors (Lipinski definition) is 2. The van der Waals surface area contributed by atoms with Gasteiger partial charge >= 0.3 is 5.97 Å². The molecular formula is C11H10N2O3. The lowest BCUT2D eigenvalue weighted by Crippen LogP contribution is -1.98. The van der Waals surface area contributed by atoms with E-state index in [2.05, 4.69) is 5.10 Å². The first-order valence-electron chi connectivity index (χ1n) is 4.70. The monoisotopic (exact) mass is 218 g/mol. The zero-order chi connectivity index (χ0) is 11.5. The Labute approximate surface area is 91.6 Å². The second kappa shape index (κ2) is 4.06. The Kier molecular flexibility index (Phi) is 2.59. The van der Waals surface area contributed by atoms with Crippen molar-refractivity contribution in [3.8, 4) is 11.4 Å². The highest BCUT2D eigenvalue weighted by Gasteiger charge is 2.07. The van der Waals surface area contributed by atoms with Gasteiger partial charge < -0.3 is 10.2 Å². The van der Waals surface area contributed by atoms with Crippen LogP contribution in [0, 0.1) is 0 Å². The van der Waals surface area contributed by atoms with Crippen molar-refractivity contribution in [3.63, 3.8) is 0 Å². The summed E-state index contributed by atoms with van der Waals surface area (Å²) in [4.78, 5) is 10.5. The number of para-hydroxylation sites is 2. The third-order valence-electron chi connectivity index (χ3n) is 2.12. The van der Waals surface area contributed by atoms with Crippen molar-refractivity contribution >= 4 is 5.97 Å². The predicted octanol–water partition coefficient (Wildman–Crippen LogP) is 1.20. The number of carbonyl (C=O) groups is 1. The molecule has 0 aliphatic carbocycles. The van der Waals surface area contributed by atoms with E-state index in [0.29, 0.717) is 11.3 Å². The number of aromatic hydroxyl groups is 1. The number of hydrogen-bond acceptors (Lipinski definition) is 3. The number of aliphatic carboxylic acids is 1. The zero-order valence-corrected chi connectivity index (χ0v) is 8.37. The summed E-state index contributed by atoms with van der Waals surface area (Å²) in [6, 6.07) is 6.73. The molecule has 2 aromatic rings. The van der Waals surface area contributed by atoms with E-state index < -0.39 is 5.97 Å². The molecule has 0 aliphatic rings. The van der Waals surface area contributed by atoms with Crippen LogP contribution in [0.25, 0.3) is 5.69 Å². The maximum absolute atomic E-state index is 10.5. The minimum atomic E-state index is -0.906. The molecule has 0 amide bonds. The summed E-state index contributed by atoms with van der Waals surface area (Å²) < 4.78 is 1.45. The summed E-state index contributed by atoms with van der Waals surface area (Å²) in [6.45, 7) is 0. The Morgan fingerprint density at radius 1 is 1.38 bits per heavy atom. The van der Waals surface area contributed by atoms with E-state index in [4.69, 9.17) is 5.11 Å². The van der Waals surface area contributed by atoms with Gasteiger partial charge in [0.1, 0.15) is 11.4 Å². The number of carboxylic acid groups (broad SMARTS) is 1. The Morgan fingerprint density at radius 2 is 2.12 bits per heavy atom. The molecule has 0 atom stereocenters. The van der Waals surface area contributed by atoms with Crippen molar-refractivity contribution in [2.24, 2.45) is 0 Å². The normalized spacial score (nSPS) is 10.2. The lowest BCUT2D eigenvalue weighted by Gasteiger charge is -2.02. The second-order valence-corrected chi connectivity index (χ2v) is 3.35. The molecule has 0 radical (unpaired) electrons. The summed E-state index contributed by atoms with van der Waals surface area (Å²) in [5, 5.41) is 22.2. The Bertz CT molecular complexity index is 519. The van der Waals surface area contributed by atoms with Crippen LogP contribution in [0.4, 0.5) is 0 Å². The highest BCUT2D eigenvalue weighted by molar-refractivity contribution is 5.69. The van der Waals surface area contributed by atoms with Gasteiger partial charge in [0.2, 0.25) is 0 Å². The molecule has 1 aromatic heterocycles. The Hall–Kier alpha value is -2.30. The molecule has 1 aromatic carbocycles. The summed E-state index contributed by atoms with van der Waals surface area (Å²) >= 11 is 0. The number of carboxylic acids is 1. The summed E-state index contributed by atoms with van der Waals surface area (Å²) in [5.74, 6) is -0.802. The van der Waals surface area contributed by atoms with Gasteiger partial charge in [-0.3, -0.25) is 4.79 Å². The van der Waals surface area contributed by atoms with Gasteiger partial charge in [-0.1, -0.05) is 12.1 Å². The van der Waals surface area contributed by atoms with E-state index in [9.17, 15) is 9.90 Å². The topological polar surface area (TPSA) is 75.3 Å². The van der Waals surface area contributed by atoms with Crippen molar-refractivity contribution in [2.45, 2.75) is 6.42 Å². The summed E-state index contributed by atoms with van der Waals surface area (Å²) in [6.07, 6.45) is 2.98. The van der Waals surface area contributed by atoms with Crippen LogP contribution in [0.1, 0.15) is 5.56 Å². The molecule has 0 saturated carbocycles. The van der Waals surface area contributed by atoms with Crippen LogP contribution in [0.15, 0.2) is 36.7 Å². The highest BCUT2D eigenvalue weighted by Crippen LogP contribution is 2.20. The fraction of sp³-hybridized carbons (Fsp3) is 0.0909. The van der Waals surface area contributed by atoms with Gasteiger partial charge in [-0.25, -0.2) is 4.68 Å². The average Bonchev–Trinajstić information content (AvgIpc) is 2.66. The maximum Gasteiger partial charge on any atom is 0.307 e. The molecule has 1 heterocycles. The van der Waals surface area contributed by atoms with Crippen LogP contribution < -0.4 is 0 Å². The summed E-state index contributed by atoms with van der Waals surface area (Å²) in [5.41, 5.74) is 1.12. The van der Waals surface area contributed by atoms with Gasteiger partial charge in [-0.2, -0.15) is 5.10 Å². The maximum atomic E-state index is 10.5. The van der Waals surface area contributed by atoms with E-state index in [1.165, 1.54) is 10.9 Å². The van der Waals surface area contributed by atoms with Crippen molar-refractivity contribution in [1.82, 2.24) is 9.78 Å². The van der Waals surface area contributed by atoms with Gasteiger partial charge in [0.05, 0.1) is 12.6 Å². The SMILES string of the molecule is O=C(O)Cc1cnn(-c2ccccc2O)c1. The molecule has 16 heavy (non-hydrogen) atoms. The van der Waals surface area contributed by atoms with Gasteiger partial charge in [0.25, 0.3) is 0 Å². The number of benzene rings is 1. The number of rotatable bonds is 3. The first-order valence-corrected chi connectivity index (χ1v) is 4.70. The minimum Gasteiger partial charge on any atom is -0.506 e. The van der Waals surface area contributed by atoms with Gasteiger partial charge in [0, 0.05) is 11.8 Å². The van der Waals surface area contributed by atoms with Crippen LogP contribution in [0.3, 0.4) is 0 Å². The van der Waals surface area contributed by atoms with E-state index >= 15 is 0 Å². The third kappa shape index (κ3) is 2.03. The van der Waals surface area contributed by atoms with Gasteiger partial charge in [-0.05, 0) is 12.1 Å². The van der Waals surface area contributed by atoms with E-state index in [1.54, 1.807) is 30.5 Å². The van der Waals surface area contributed by atoms with Crippen LogP contribution in [-0.2, 0) is 11.2 Å². The first-order chi connectivity index (χ1) is 7.66. The molecule has 0 fully saturated rings. The number of aromatic nitrogens is 2. The molecule has 0 spiro atoms. The van der Waals surface area contributed by atoms with E-state index in [-0.39, 0.29) is 12.2 Å². The number of nitrogens with zero attached hydrogens (tertiary/aromatic N) is 2. The van der Waals surface area contributed by atoms with Crippen LogP contribution in [0.2, 0.25) is 0 Å². The quantitative estimate of drug-likeness (QED) is 0.811. The van der Waals surface area contributed by atoms with E-state index in [1.807, 2.05) is 0 Å². The highest BCUT2D eigenvalue weighted by atomic mass is 16.4. The lowest BCUT2D eigenvalue weighted by molar-refractivity contribution is -0.136. The summed E-state index contributed by atoms with van der Waals surface area (Å²) in [7, 11) is 0. The average molecular weight is 218 g/mol. The second-order valence-electron chi connectivity index (χ2n) is 3.35. The molecule has 0 aliphatic heterocycles. The van der Waals surface area contributed by atoms with Gasteiger partial charge in [-0.15, -0.1) is 0 Å². The fourth-order valence-corrected chi connectivity index (χ4v) is 1.42. The van der Waals surface area contributed by atoms with Gasteiger partial charge in [0.15, 0.2) is 0 Å². The Balaban J connectivity index is 2.32. The molecule has 0 unspecified atom stereocenters. The molecule has 2 N–H and O–H groups in total. The van der Waals surface area contributed by atoms with Crippen LogP contribution >= 0.6 is 0 Å². The zero-order valence-electron chi connectivity index (χ0n) is 8.37. The van der Waals surface area contributed by atoms with E-state index in [0.717, 1.165) is 0 Å². The predicted molar refractivity (Wildman–Crippen MR) is 56.6 cm³/mol. The lowest BCUT2D eigenvalue weighted by atomic mass is 10.2. The molecule has 5 heteroatoms. The smallest absolute Gasteiger partial charge is 0.307 e. The fourth-order valence-electron chi connectivity index (χ4n) is 1.42. The van der Waals surface area contributed by atoms with Crippen LogP contribution in [-0.4, -0.2) is 26.0 Å². The molecule has 82 valence electrons. The van der Waals surface area contributed by atoms with Crippen LogP contribution in [0.5, 0.6) is 5.75 Å². The third-order valence-corrected chi connectivity index (χ3v) is 2.12. The van der Waals surface area contributed by atoms with Crippen molar-refractivity contribution < 1.29 is 15.0 Å². The Morgan fingerprint density at radius 3 is 2.81 bits per heavy atom. The van der Waals surface area contributed by atoms with Crippen molar-refractivity contribution in [3.05, 3.63) is 42.2 Å². The first kappa shape index (κ1) is 10.2.